The van der Waals surface area contributed by atoms with Gasteiger partial charge in [-0.05, 0) is 31.5 Å². The summed E-state index contributed by atoms with van der Waals surface area (Å²) in [4.78, 5) is 0. The molecule has 2 N–H and O–H groups in total. The lowest BCUT2D eigenvalue weighted by atomic mass is 10.0. The van der Waals surface area contributed by atoms with Crippen molar-refractivity contribution in [3.63, 3.8) is 0 Å². The van der Waals surface area contributed by atoms with Crippen LogP contribution in [-0.4, -0.2) is 8.07 Å². The van der Waals surface area contributed by atoms with E-state index >= 15 is 0 Å². The van der Waals surface area contributed by atoms with Crippen molar-refractivity contribution in [3.8, 4) is 23.3 Å². The van der Waals surface area contributed by atoms with Crippen molar-refractivity contribution >= 4 is 13.8 Å². The standard InChI is InChI=1S/C15H19NSi/c1-6-7-13-10-12(2)15(16)14(11-13)8-9-17(3,4)5/h10-11H,16H2,1-5H3. The Balaban J connectivity index is 3.30. The molecular weight excluding hydrogens is 222 g/mol. The monoisotopic (exact) mass is 241 g/mol. The van der Waals surface area contributed by atoms with Crippen molar-refractivity contribution in [2.24, 2.45) is 0 Å². The fraction of sp³-hybridized carbons (Fsp3) is 0.333. The average Bonchev–Trinajstić information content (AvgIpc) is 2.20. The van der Waals surface area contributed by atoms with Gasteiger partial charge in [0.2, 0.25) is 0 Å². The summed E-state index contributed by atoms with van der Waals surface area (Å²) in [6.45, 7) is 10.5. The molecule has 1 aromatic rings. The molecule has 0 atom stereocenters. The SMILES string of the molecule is CC#Cc1cc(C)c(N)c(C#C[Si](C)(C)C)c1. The van der Waals surface area contributed by atoms with Gasteiger partial charge < -0.3 is 5.73 Å². The van der Waals surface area contributed by atoms with Crippen LogP contribution in [0.2, 0.25) is 19.6 Å². The Kier molecular flexibility index (Phi) is 4.05. The van der Waals surface area contributed by atoms with Gasteiger partial charge in [-0.3, -0.25) is 0 Å². The van der Waals surface area contributed by atoms with Crippen molar-refractivity contribution in [2.75, 3.05) is 5.73 Å². The van der Waals surface area contributed by atoms with Gasteiger partial charge in [-0.25, -0.2) is 0 Å². The van der Waals surface area contributed by atoms with E-state index in [4.69, 9.17) is 5.73 Å². The molecule has 0 radical (unpaired) electrons. The minimum absolute atomic E-state index is 0.775. The second-order valence-electron chi connectivity index (χ2n) is 5.13. The lowest BCUT2D eigenvalue weighted by molar-refractivity contribution is 1.43. The molecule has 0 amide bonds. The first-order valence-electron chi connectivity index (χ1n) is 5.69. The van der Waals surface area contributed by atoms with Crippen LogP contribution in [0.1, 0.15) is 23.6 Å². The molecule has 0 aromatic heterocycles. The third kappa shape index (κ3) is 4.02. The highest BCUT2D eigenvalue weighted by Gasteiger charge is 2.08. The zero-order valence-corrected chi connectivity index (χ0v) is 12.2. The molecule has 0 bridgehead atoms. The second kappa shape index (κ2) is 5.12. The number of hydrogen-bond acceptors (Lipinski definition) is 1. The molecule has 1 nitrogen and oxygen atoms in total. The molecule has 0 spiro atoms. The highest BCUT2D eigenvalue weighted by Crippen LogP contribution is 2.18. The fourth-order valence-corrected chi connectivity index (χ4v) is 1.88. The number of nitrogens with two attached hydrogens (primary N) is 1. The maximum atomic E-state index is 6.04. The third-order valence-electron chi connectivity index (χ3n) is 2.23. The summed E-state index contributed by atoms with van der Waals surface area (Å²) in [5, 5.41) is 0. The zero-order chi connectivity index (χ0) is 13.1. The van der Waals surface area contributed by atoms with E-state index in [0.717, 1.165) is 22.4 Å². The van der Waals surface area contributed by atoms with Crippen LogP contribution in [0.15, 0.2) is 12.1 Å². The summed E-state index contributed by atoms with van der Waals surface area (Å²) in [6, 6.07) is 3.98. The normalized spacial score (nSPS) is 9.94. The van der Waals surface area contributed by atoms with E-state index < -0.39 is 8.07 Å². The molecule has 1 aromatic carbocycles. The topological polar surface area (TPSA) is 26.0 Å². The van der Waals surface area contributed by atoms with Gasteiger partial charge in [0.25, 0.3) is 0 Å². The van der Waals surface area contributed by atoms with Crippen LogP contribution in [0.3, 0.4) is 0 Å². The zero-order valence-electron chi connectivity index (χ0n) is 11.2. The van der Waals surface area contributed by atoms with Gasteiger partial charge in [0.1, 0.15) is 8.07 Å². The van der Waals surface area contributed by atoms with Crippen LogP contribution >= 0.6 is 0 Å². The second-order valence-corrected chi connectivity index (χ2v) is 9.88. The van der Waals surface area contributed by atoms with Crippen LogP contribution in [0.4, 0.5) is 5.69 Å². The number of benzene rings is 1. The van der Waals surface area contributed by atoms with Crippen molar-refractivity contribution in [2.45, 2.75) is 33.5 Å². The van der Waals surface area contributed by atoms with Gasteiger partial charge in [0.05, 0.1) is 5.69 Å². The molecule has 0 aliphatic rings. The van der Waals surface area contributed by atoms with Crippen LogP contribution in [-0.2, 0) is 0 Å². The first kappa shape index (κ1) is 13.4. The lowest BCUT2D eigenvalue weighted by Gasteiger charge is -2.07. The Morgan fingerprint density at radius 1 is 1.12 bits per heavy atom. The summed E-state index contributed by atoms with van der Waals surface area (Å²) in [6.07, 6.45) is 0. The molecular formula is C15H19NSi. The van der Waals surface area contributed by atoms with Gasteiger partial charge in [-0.15, -0.1) is 11.5 Å². The van der Waals surface area contributed by atoms with Crippen LogP contribution in [0, 0.1) is 30.2 Å². The number of aryl methyl sites for hydroxylation is 1. The van der Waals surface area contributed by atoms with E-state index in [1.54, 1.807) is 0 Å². The Hall–Kier alpha value is -1.64. The molecule has 88 valence electrons. The molecule has 0 saturated carbocycles. The fourth-order valence-electron chi connectivity index (χ4n) is 1.37. The van der Waals surface area contributed by atoms with E-state index in [1.165, 1.54) is 0 Å². The molecule has 0 unspecified atom stereocenters. The Bertz CT molecular complexity index is 542. The van der Waals surface area contributed by atoms with Gasteiger partial charge >= 0.3 is 0 Å². The Labute approximate surface area is 105 Å². The van der Waals surface area contributed by atoms with Gasteiger partial charge in [-0.2, -0.15) is 0 Å². The van der Waals surface area contributed by atoms with E-state index in [1.807, 2.05) is 26.0 Å². The number of nitrogen functional groups attached to an aromatic ring is 1. The first-order chi connectivity index (χ1) is 7.83. The van der Waals surface area contributed by atoms with E-state index in [0.29, 0.717) is 0 Å². The predicted molar refractivity (Wildman–Crippen MR) is 78.4 cm³/mol. The Morgan fingerprint density at radius 3 is 2.29 bits per heavy atom. The highest BCUT2D eigenvalue weighted by molar-refractivity contribution is 6.83. The quantitative estimate of drug-likeness (QED) is 0.421. The molecule has 2 heteroatoms. The average molecular weight is 241 g/mol. The minimum Gasteiger partial charge on any atom is -0.398 e. The third-order valence-corrected chi connectivity index (χ3v) is 3.10. The van der Waals surface area contributed by atoms with E-state index in [-0.39, 0.29) is 0 Å². The molecule has 17 heavy (non-hydrogen) atoms. The van der Waals surface area contributed by atoms with Gasteiger partial charge in [0.15, 0.2) is 0 Å². The van der Waals surface area contributed by atoms with E-state index in [9.17, 15) is 0 Å². The van der Waals surface area contributed by atoms with Crippen LogP contribution < -0.4 is 5.73 Å². The summed E-state index contributed by atoms with van der Waals surface area (Å²) >= 11 is 0. The molecule has 0 fully saturated rings. The smallest absolute Gasteiger partial charge is 0.129 e. The first-order valence-corrected chi connectivity index (χ1v) is 9.19. The van der Waals surface area contributed by atoms with Gasteiger partial charge in [0, 0.05) is 11.1 Å². The predicted octanol–water partition coefficient (Wildman–Crippen LogP) is 3.18. The Morgan fingerprint density at radius 2 is 1.76 bits per heavy atom. The maximum absolute atomic E-state index is 6.04. The van der Waals surface area contributed by atoms with Crippen LogP contribution in [0.5, 0.6) is 0 Å². The minimum atomic E-state index is -1.37. The van der Waals surface area contributed by atoms with Crippen molar-refractivity contribution in [1.82, 2.24) is 0 Å². The summed E-state index contributed by atoms with van der Waals surface area (Å²) in [5.74, 6) is 9.16. The summed E-state index contributed by atoms with van der Waals surface area (Å²) in [5.41, 5.74) is 13.1. The van der Waals surface area contributed by atoms with Crippen molar-refractivity contribution in [1.29, 1.82) is 0 Å². The number of hydrogen-bond donors (Lipinski definition) is 1. The molecule has 0 aliphatic heterocycles. The molecule has 0 saturated heterocycles. The molecule has 0 aliphatic carbocycles. The summed E-state index contributed by atoms with van der Waals surface area (Å²) < 4.78 is 0. The molecule has 0 heterocycles. The number of rotatable bonds is 0. The van der Waals surface area contributed by atoms with E-state index in [2.05, 4.69) is 42.9 Å². The summed E-state index contributed by atoms with van der Waals surface area (Å²) in [7, 11) is -1.37. The van der Waals surface area contributed by atoms with Crippen LogP contribution in [0.25, 0.3) is 0 Å². The van der Waals surface area contributed by atoms with Gasteiger partial charge in [-0.1, -0.05) is 31.5 Å². The maximum Gasteiger partial charge on any atom is 0.129 e. The number of anilines is 1. The van der Waals surface area contributed by atoms with Crippen molar-refractivity contribution in [3.05, 3.63) is 28.8 Å². The highest BCUT2D eigenvalue weighted by atomic mass is 28.3. The molecule has 1 rings (SSSR count). The largest absolute Gasteiger partial charge is 0.398 e. The van der Waals surface area contributed by atoms with Crippen molar-refractivity contribution < 1.29 is 0 Å². The lowest BCUT2D eigenvalue weighted by Crippen LogP contribution is -2.16.